The molecule has 8 heteroatoms. The SMILES string of the molecule is Cc1[nH]c(=O)[nH]c(=O)c1CC(=O)NC1CCN(C2CCSCC2)CC1. The second kappa shape index (κ2) is 8.23. The quantitative estimate of drug-likeness (QED) is 0.716. The number of H-pyrrole nitrogens is 2. The first-order valence-corrected chi connectivity index (χ1v) is 10.1. The fraction of sp³-hybridized carbons (Fsp3) is 0.706. The number of likely N-dealkylation sites (tertiary alicyclic amines) is 1. The number of hydrogen-bond donors (Lipinski definition) is 3. The number of carbonyl (C=O) groups is 1. The smallest absolute Gasteiger partial charge is 0.325 e. The van der Waals surface area contributed by atoms with Gasteiger partial charge in [-0.15, -0.1) is 0 Å². The number of aryl methyl sites for hydroxylation is 1. The first-order chi connectivity index (χ1) is 12.0. The molecule has 3 rings (SSSR count). The molecule has 2 fully saturated rings. The minimum Gasteiger partial charge on any atom is -0.353 e. The van der Waals surface area contributed by atoms with Crippen molar-refractivity contribution in [3.8, 4) is 0 Å². The van der Waals surface area contributed by atoms with Crippen molar-refractivity contribution in [2.24, 2.45) is 0 Å². The Hall–Kier alpha value is -1.54. The van der Waals surface area contributed by atoms with Gasteiger partial charge in [0.2, 0.25) is 5.91 Å². The van der Waals surface area contributed by atoms with E-state index in [0.29, 0.717) is 17.3 Å². The van der Waals surface area contributed by atoms with E-state index in [2.05, 4.69) is 20.2 Å². The largest absolute Gasteiger partial charge is 0.353 e. The number of rotatable bonds is 4. The highest BCUT2D eigenvalue weighted by Crippen LogP contribution is 2.24. The summed E-state index contributed by atoms with van der Waals surface area (Å²) in [4.78, 5) is 42.6. The van der Waals surface area contributed by atoms with Crippen LogP contribution in [0, 0.1) is 6.92 Å². The molecule has 0 aromatic carbocycles. The van der Waals surface area contributed by atoms with Crippen molar-refractivity contribution in [1.82, 2.24) is 20.2 Å². The van der Waals surface area contributed by atoms with Gasteiger partial charge in [-0.1, -0.05) is 0 Å². The number of aromatic amines is 2. The Kier molecular flexibility index (Phi) is 6.01. The van der Waals surface area contributed by atoms with Crippen LogP contribution in [0.25, 0.3) is 0 Å². The summed E-state index contributed by atoms with van der Waals surface area (Å²) in [5.41, 5.74) is -0.246. The Morgan fingerprint density at radius 1 is 1.16 bits per heavy atom. The fourth-order valence-corrected chi connectivity index (χ4v) is 4.82. The van der Waals surface area contributed by atoms with Gasteiger partial charge in [-0.3, -0.25) is 14.6 Å². The van der Waals surface area contributed by atoms with Gasteiger partial charge in [0.1, 0.15) is 0 Å². The van der Waals surface area contributed by atoms with E-state index >= 15 is 0 Å². The molecule has 7 nitrogen and oxygen atoms in total. The summed E-state index contributed by atoms with van der Waals surface area (Å²) in [5.74, 6) is 2.36. The number of aromatic nitrogens is 2. The lowest BCUT2D eigenvalue weighted by Gasteiger charge is -2.39. The maximum Gasteiger partial charge on any atom is 0.325 e. The van der Waals surface area contributed by atoms with E-state index in [0.717, 1.165) is 25.9 Å². The van der Waals surface area contributed by atoms with Gasteiger partial charge in [0.15, 0.2) is 0 Å². The van der Waals surface area contributed by atoms with Crippen LogP contribution in [-0.2, 0) is 11.2 Å². The molecule has 0 spiro atoms. The Balaban J connectivity index is 1.50. The van der Waals surface area contributed by atoms with E-state index in [4.69, 9.17) is 0 Å². The normalized spacial score (nSPS) is 20.5. The number of amides is 1. The molecule has 2 aliphatic rings. The standard InChI is InChI=1S/C17H26N4O3S/c1-11-14(16(23)20-17(24)18-11)10-15(22)19-12-2-6-21(7-3-12)13-4-8-25-9-5-13/h12-13H,2-10H2,1H3,(H,19,22)(H2,18,20,23,24). The predicted octanol–water partition coefficient (Wildman–Crippen LogP) is 0.390. The summed E-state index contributed by atoms with van der Waals surface area (Å²) in [7, 11) is 0. The molecule has 0 saturated carbocycles. The molecular weight excluding hydrogens is 340 g/mol. The molecule has 3 N–H and O–H groups in total. The van der Waals surface area contributed by atoms with Crippen LogP contribution in [0.15, 0.2) is 9.59 Å². The molecule has 2 aliphatic heterocycles. The van der Waals surface area contributed by atoms with Crippen molar-refractivity contribution < 1.29 is 4.79 Å². The highest BCUT2D eigenvalue weighted by molar-refractivity contribution is 7.99. The van der Waals surface area contributed by atoms with Gasteiger partial charge in [0.25, 0.3) is 5.56 Å². The molecule has 25 heavy (non-hydrogen) atoms. The molecule has 1 amide bonds. The number of piperidine rings is 1. The Morgan fingerprint density at radius 3 is 2.48 bits per heavy atom. The van der Waals surface area contributed by atoms with Gasteiger partial charge < -0.3 is 15.2 Å². The van der Waals surface area contributed by atoms with E-state index in [-0.39, 0.29) is 18.4 Å². The molecule has 1 aromatic rings. The number of carbonyl (C=O) groups excluding carboxylic acids is 1. The minimum absolute atomic E-state index is 0.00198. The lowest BCUT2D eigenvalue weighted by Crippen LogP contribution is -2.49. The summed E-state index contributed by atoms with van der Waals surface area (Å²) < 4.78 is 0. The highest BCUT2D eigenvalue weighted by atomic mass is 32.2. The lowest BCUT2D eigenvalue weighted by atomic mass is 10.0. The average molecular weight is 366 g/mol. The van der Waals surface area contributed by atoms with Crippen LogP contribution < -0.4 is 16.6 Å². The summed E-state index contributed by atoms with van der Waals surface area (Å²) in [5, 5.41) is 3.05. The summed E-state index contributed by atoms with van der Waals surface area (Å²) in [6.45, 7) is 3.69. The van der Waals surface area contributed by atoms with Gasteiger partial charge >= 0.3 is 5.69 Å². The van der Waals surface area contributed by atoms with Crippen molar-refractivity contribution in [2.75, 3.05) is 24.6 Å². The third kappa shape index (κ3) is 4.76. The van der Waals surface area contributed by atoms with Crippen LogP contribution in [-0.4, -0.2) is 57.5 Å². The minimum atomic E-state index is -0.542. The van der Waals surface area contributed by atoms with Crippen molar-refractivity contribution in [3.63, 3.8) is 0 Å². The fourth-order valence-electron chi connectivity index (χ4n) is 3.74. The molecule has 0 unspecified atom stereocenters. The number of nitrogens with one attached hydrogen (secondary N) is 3. The predicted molar refractivity (Wildman–Crippen MR) is 99.2 cm³/mol. The number of nitrogens with zero attached hydrogens (tertiary/aromatic N) is 1. The first-order valence-electron chi connectivity index (χ1n) is 8.96. The summed E-state index contributed by atoms with van der Waals surface area (Å²) >= 11 is 2.04. The van der Waals surface area contributed by atoms with E-state index in [9.17, 15) is 14.4 Å². The van der Waals surface area contributed by atoms with E-state index < -0.39 is 11.2 Å². The van der Waals surface area contributed by atoms with Gasteiger partial charge in [-0.05, 0) is 44.1 Å². The zero-order valence-electron chi connectivity index (χ0n) is 14.6. The van der Waals surface area contributed by atoms with Crippen molar-refractivity contribution in [3.05, 3.63) is 32.1 Å². The van der Waals surface area contributed by atoms with E-state index in [1.54, 1.807) is 6.92 Å². The monoisotopic (exact) mass is 366 g/mol. The van der Waals surface area contributed by atoms with Crippen LogP contribution in [0.5, 0.6) is 0 Å². The van der Waals surface area contributed by atoms with Crippen molar-refractivity contribution in [1.29, 1.82) is 0 Å². The van der Waals surface area contributed by atoms with Gasteiger partial charge in [0, 0.05) is 36.4 Å². The van der Waals surface area contributed by atoms with Crippen LogP contribution >= 0.6 is 11.8 Å². The Bertz CT molecular complexity index is 715. The van der Waals surface area contributed by atoms with Gasteiger partial charge in [-0.2, -0.15) is 11.8 Å². The Morgan fingerprint density at radius 2 is 1.84 bits per heavy atom. The molecule has 0 aliphatic carbocycles. The molecule has 1 aromatic heterocycles. The zero-order chi connectivity index (χ0) is 17.8. The molecule has 0 bridgehead atoms. The lowest BCUT2D eigenvalue weighted by molar-refractivity contribution is -0.121. The second-order valence-electron chi connectivity index (χ2n) is 6.91. The molecule has 0 radical (unpaired) electrons. The molecule has 2 saturated heterocycles. The third-order valence-electron chi connectivity index (χ3n) is 5.19. The van der Waals surface area contributed by atoms with Crippen molar-refractivity contribution in [2.45, 2.75) is 51.1 Å². The third-order valence-corrected chi connectivity index (χ3v) is 6.24. The molecule has 138 valence electrons. The highest BCUT2D eigenvalue weighted by Gasteiger charge is 2.27. The second-order valence-corrected chi connectivity index (χ2v) is 8.13. The van der Waals surface area contributed by atoms with Crippen LogP contribution in [0.2, 0.25) is 0 Å². The number of thioether (sulfide) groups is 1. The molecule has 0 atom stereocenters. The van der Waals surface area contributed by atoms with Crippen LogP contribution in [0.4, 0.5) is 0 Å². The van der Waals surface area contributed by atoms with Gasteiger partial charge in [-0.25, -0.2) is 4.79 Å². The van der Waals surface area contributed by atoms with Crippen molar-refractivity contribution >= 4 is 17.7 Å². The molecule has 3 heterocycles. The summed E-state index contributed by atoms with van der Waals surface area (Å²) in [6.07, 6.45) is 4.45. The Labute approximate surface area is 151 Å². The van der Waals surface area contributed by atoms with Gasteiger partial charge in [0.05, 0.1) is 6.42 Å². The summed E-state index contributed by atoms with van der Waals surface area (Å²) in [6, 6.07) is 0.879. The van der Waals surface area contributed by atoms with Crippen LogP contribution in [0.3, 0.4) is 0 Å². The maximum atomic E-state index is 12.3. The number of hydrogen-bond acceptors (Lipinski definition) is 5. The molecular formula is C17H26N4O3S. The first kappa shape index (κ1) is 18.3. The van der Waals surface area contributed by atoms with Crippen LogP contribution in [0.1, 0.15) is 36.9 Å². The van der Waals surface area contributed by atoms with E-state index in [1.807, 2.05) is 11.8 Å². The van der Waals surface area contributed by atoms with E-state index in [1.165, 1.54) is 24.3 Å². The topological polar surface area (TPSA) is 98.1 Å². The zero-order valence-corrected chi connectivity index (χ0v) is 15.4. The average Bonchev–Trinajstić information content (AvgIpc) is 2.59. The maximum absolute atomic E-state index is 12.3.